The minimum Gasteiger partial charge on any atom is -0.462 e. The maximum Gasteiger partial charge on any atom is 0.339 e. The van der Waals surface area contributed by atoms with Gasteiger partial charge in [0, 0.05) is 12.8 Å². The van der Waals surface area contributed by atoms with E-state index in [-0.39, 0.29) is 61.5 Å². The van der Waals surface area contributed by atoms with Gasteiger partial charge in [0.15, 0.2) is 0 Å². The van der Waals surface area contributed by atoms with Crippen LogP contribution in [0.5, 0.6) is 0 Å². The van der Waals surface area contributed by atoms with Crippen molar-refractivity contribution in [1.29, 1.82) is 0 Å². The van der Waals surface area contributed by atoms with E-state index in [1.165, 1.54) is 62.4 Å². The third-order valence-electron chi connectivity index (χ3n) is 9.46. The van der Waals surface area contributed by atoms with Gasteiger partial charge in [-0.25, -0.2) is 28.8 Å². The topological polar surface area (TPSA) is 220 Å². The predicted octanol–water partition coefficient (Wildman–Crippen LogP) is 7.33. The number of carbonyl (C=O) groups is 8. The van der Waals surface area contributed by atoms with Gasteiger partial charge in [0.2, 0.25) is 0 Å². The van der Waals surface area contributed by atoms with E-state index in [1.54, 1.807) is 81.4 Å². The van der Waals surface area contributed by atoms with Gasteiger partial charge in [-0.2, -0.15) is 0 Å². The molecule has 68 heavy (non-hydrogen) atoms. The lowest BCUT2D eigenvalue weighted by atomic mass is 10.1. The van der Waals surface area contributed by atoms with E-state index in [1.807, 2.05) is 0 Å². The van der Waals surface area contributed by atoms with E-state index in [0.29, 0.717) is 24.0 Å². The molecule has 0 heterocycles. The average molecular weight is 941 g/mol. The van der Waals surface area contributed by atoms with Gasteiger partial charge in [-0.3, -0.25) is 9.59 Å². The molecular formula is C51H56O17. The van der Waals surface area contributed by atoms with Crippen molar-refractivity contribution >= 4 is 47.8 Å². The smallest absolute Gasteiger partial charge is 0.339 e. The molecule has 0 saturated heterocycles. The van der Waals surface area contributed by atoms with Gasteiger partial charge in [0.25, 0.3) is 0 Å². The highest BCUT2D eigenvalue weighted by molar-refractivity contribution is 6.04. The largest absolute Gasteiger partial charge is 0.462 e. The molecule has 362 valence electrons. The molecule has 0 aliphatic carbocycles. The summed E-state index contributed by atoms with van der Waals surface area (Å²) in [6, 6.07) is 28.4. The number of rotatable bonds is 26. The fourth-order valence-electron chi connectivity index (χ4n) is 5.98. The van der Waals surface area contributed by atoms with Gasteiger partial charge in [-0.05, 0) is 96.0 Å². The second kappa shape index (κ2) is 27.9. The summed E-state index contributed by atoms with van der Waals surface area (Å²) in [5, 5.41) is 0. The molecule has 0 aromatic heterocycles. The van der Waals surface area contributed by atoms with Crippen molar-refractivity contribution in [2.45, 2.75) is 90.8 Å². The second-order valence-electron chi connectivity index (χ2n) is 15.6. The zero-order chi connectivity index (χ0) is 49.4. The van der Waals surface area contributed by atoms with Crippen LogP contribution in [0.25, 0.3) is 0 Å². The molecule has 17 heteroatoms. The Morgan fingerprint density at radius 3 is 1.15 bits per heavy atom. The van der Waals surface area contributed by atoms with Crippen LogP contribution >= 0.6 is 0 Å². The lowest BCUT2D eigenvalue weighted by molar-refractivity contribution is -0.153. The summed E-state index contributed by atoms with van der Waals surface area (Å²) in [4.78, 5) is 101. The lowest BCUT2D eigenvalue weighted by Crippen LogP contribution is -2.27. The van der Waals surface area contributed by atoms with E-state index in [4.69, 9.17) is 42.6 Å². The van der Waals surface area contributed by atoms with Crippen LogP contribution < -0.4 is 0 Å². The number of ether oxygens (including phenoxy) is 9. The van der Waals surface area contributed by atoms with Gasteiger partial charge >= 0.3 is 47.8 Å². The van der Waals surface area contributed by atoms with Gasteiger partial charge in [0.05, 0.1) is 46.1 Å². The number of carbonyl (C=O) groups excluding carboxylic acids is 8. The number of hydrogen-bond donors (Lipinski definition) is 0. The molecule has 0 spiro atoms. The van der Waals surface area contributed by atoms with Crippen LogP contribution in [-0.4, -0.2) is 111 Å². The standard InChI is InChI=1S/C51H56O17/c1-33(60-29-34(2)65-45(53)27-17-16-26-44(52)61-30-35(3)66-47(55)39-20-10-7-11-21-39)28-63-48(56)40-22-12-14-24-42(40)51(59)68-37(5)32-64-49(57)41-23-13-15-25-43(41)50(58)67-36(4)31-62-46(54)38-18-8-6-9-19-38/h6-15,18-25,33-37H,16-17,26-32H2,1-5H3. The number of hydrogen-bond acceptors (Lipinski definition) is 17. The molecule has 0 radical (unpaired) electrons. The van der Waals surface area contributed by atoms with Crippen molar-refractivity contribution in [3.63, 3.8) is 0 Å². The van der Waals surface area contributed by atoms with E-state index in [9.17, 15) is 38.4 Å². The molecule has 0 aliphatic heterocycles. The summed E-state index contributed by atoms with van der Waals surface area (Å²) in [5.74, 6) is -5.53. The molecule has 0 saturated carbocycles. The van der Waals surface area contributed by atoms with Crippen molar-refractivity contribution in [2.24, 2.45) is 0 Å². The monoisotopic (exact) mass is 940 g/mol. The molecule has 5 atom stereocenters. The highest BCUT2D eigenvalue weighted by Gasteiger charge is 2.25. The van der Waals surface area contributed by atoms with Crippen molar-refractivity contribution in [3.05, 3.63) is 143 Å². The Hall–Kier alpha value is -7.40. The fourth-order valence-corrected chi connectivity index (χ4v) is 5.98. The van der Waals surface area contributed by atoms with E-state index >= 15 is 0 Å². The van der Waals surface area contributed by atoms with Crippen LogP contribution in [0.1, 0.15) is 122 Å². The first-order valence-electron chi connectivity index (χ1n) is 22.0. The molecule has 17 nitrogen and oxygen atoms in total. The molecule has 5 unspecified atom stereocenters. The molecular weight excluding hydrogens is 885 g/mol. The summed E-state index contributed by atoms with van der Waals surface area (Å²) in [6.07, 6.45) is -2.82. The van der Waals surface area contributed by atoms with Crippen LogP contribution in [-0.2, 0) is 52.2 Å². The second-order valence-corrected chi connectivity index (χ2v) is 15.6. The quantitative estimate of drug-likeness (QED) is 0.0342. The maximum absolute atomic E-state index is 13.2. The molecule has 4 aromatic rings. The summed E-state index contributed by atoms with van der Waals surface area (Å²) < 4.78 is 48.4. The van der Waals surface area contributed by atoms with Gasteiger partial charge in [-0.1, -0.05) is 60.7 Å². The Morgan fingerprint density at radius 2 is 0.676 bits per heavy atom. The molecule has 4 rings (SSSR count). The summed E-state index contributed by atoms with van der Waals surface area (Å²) >= 11 is 0. The molecule has 0 bridgehead atoms. The Morgan fingerprint density at radius 1 is 0.338 bits per heavy atom. The number of esters is 8. The average Bonchev–Trinajstić information content (AvgIpc) is 3.34. The van der Waals surface area contributed by atoms with Crippen molar-refractivity contribution in [3.8, 4) is 0 Å². The summed E-state index contributed by atoms with van der Waals surface area (Å²) in [5.41, 5.74) is 0.345. The predicted molar refractivity (Wildman–Crippen MR) is 242 cm³/mol. The Kier molecular flexibility index (Phi) is 21.9. The van der Waals surface area contributed by atoms with Crippen LogP contribution in [0.3, 0.4) is 0 Å². The van der Waals surface area contributed by atoms with E-state index in [0.717, 1.165) is 0 Å². The third-order valence-corrected chi connectivity index (χ3v) is 9.46. The highest BCUT2D eigenvalue weighted by atomic mass is 16.6. The van der Waals surface area contributed by atoms with Gasteiger partial charge in [-0.15, -0.1) is 0 Å². The minimum absolute atomic E-state index is 0.00175. The zero-order valence-corrected chi connectivity index (χ0v) is 38.6. The first kappa shape index (κ1) is 53.2. The van der Waals surface area contributed by atoms with Crippen molar-refractivity contribution in [1.82, 2.24) is 0 Å². The Labute approximate surface area is 394 Å². The first-order valence-corrected chi connectivity index (χ1v) is 22.0. The first-order chi connectivity index (χ1) is 32.6. The Balaban J connectivity index is 1.11. The summed E-state index contributed by atoms with van der Waals surface area (Å²) in [6.45, 7) is 6.98. The number of benzene rings is 4. The summed E-state index contributed by atoms with van der Waals surface area (Å²) in [7, 11) is 0. The molecule has 0 N–H and O–H groups in total. The maximum atomic E-state index is 13.2. The van der Waals surface area contributed by atoms with Crippen LogP contribution in [0.2, 0.25) is 0 Å². The van der Waals surface area contributed by atoms with E-state index < -0.39 is 84.9 Å². The molecule has 0 fully saturated rings. The normalized spacial score (nSPS) is 13.0. The number of unbranched alkanes of at least 4 members (excludes halogenated alkanes) is 1. The zero-order valence-electron chi connectivity index (χ0n) is 38.6. The molecule has 4 aromatic carbocycles. The third kappa shape index (κ3) is 18.5. The van der Waals surface area contributed by atoms with Gasteiger partial charge < -0.3 is 42.6 Å². The van der Waals surface area contributed by atoms with Crippen molar-refractivity contribution in [2.75, 3.05) is 33.0 Å². The van der Waals surface area contributed by atoms with Crippen molar-refractivity contribution < 1.29 is 81.0 Å². The highest BCUT2D eigenvalue weighted by Crippen LogP contribution is 2.17. The molecule has 0 aliphatic rings. The van der Waals surface area contributed by atoms with Gasteiger partial charge in [0.1, 0.15) is 50.8 Å². The Bertz CT molecular complexity index is 2310. The SMILES string of the molecule is CC(COC(=O)c1ccccc1C(=O)OC(C)COC(=O)c1ccccc1C(=O)OC(C)COC(=O)c1ccccc1)OCC(C)OC(=O)CCCCC(=O)OCC(C)OC(=O)c1ccccc1. The van der Waals surface area contributed by atoms with Crippen LogP contribution in [0, 0.1) is 0 Å². The fraction of sp³-hybridized carbons (Fsp3) is 0.373. The minimum atomic E-state index is -0.984. The molecule has 0 amide bonds. The lowest BCUT2D eigenvalue weighted by Gasteiger charge is -2.18. The van der Waals surface area contributed by atoms with Crippen LogP contribution in [0.15, 0.2) is 109 Å². The van der Waals surface area contributed by atoms with Crippen LogP contribution in [0.4, 0.5) is 0 Å². The van der Waals surface area contributed by atoms with E-state index in [2.05, 4.69) is 0 Å².